The molecule has 1 aliphatic rings. The molecule has 0 heterocycles. The van der Waals surface area contributed by atoms with Crippen LogP contribution in [0.4, 0.5) is 4.39 Å². The minimum absolute atomic E-state index is 0.0881. The van der Waals surface area contributed by atoms with Crippen LogP contribution in [0.3, 0.4) is 0 Å². The molecule has 0 spiro atoms. The van der Waals surface area contributed by atoms with E-state index in [0.29, 0.717) is 18.9 Å². The Morgan fingerprint density at radius 1 is 1.38 bits per heavy atom. The van der Waals surface area contributed by atoms with Crippen molar-refractivity contribution >= 4 is 0 Å². The van der Waals surface area contributed by atoms with E-state index in [1.807, 2.05) is 6.07 Å². The maximum absolute atomic E-state index is 13.4. The first-order valence-electron chi connectivity index (χ1n) is 4.80. The number of rotatable bonds is 3. The van der Waals surface area contributed by atoms with Gasteiger partial charge in [-0.2, -0.15) is 0 Å². The van der Waals surface area contributed by atoms with Crippen LogP contribution in [0.15, 0.2) is 18.2 Å². The van der Waals surface area contributed by atoms with Crippen molar-refractivity contribution in [2.45, 2.75) is 25.2 Å². The quantitative estimate of drug-likeness (QED) is 0.756. The van der Waals surface area contributed by atoms with Gasteiger partial charge in [-0.3, -0.25) is 0 Å². The molecule has 2 heteroatoms. The molecule has 0 saturated heterocycles. The fourth-order valence-electron chi connectivity index (χ4n) is 1.76. The van der Waals surface area contributed by atoms with Gasteiger partial charge >= 0.3 is 0 Å². The van der Waals surface area contributed by atoms with E-state index in [2.05, 4.69) is 0 Å². The van der Waals surface area contributed by atoms with E-state index in [0.717, 1.165) is 5.56 Å². The average Bonchev–Trinajstić information content (AvgIpc) is 2.92. The summed E-state index contributed by atoms with van der Waals surface area (Å²) in [7, 11) is 0. The summed E-state index contributed by atoms with van der Waals surface area (Å²) in [6.45, 7) is 0.528. The minimum Gasteiger partial charge on any atom is -0.330 e. The van der Waals surface area contributed by atoms with E-state index < -0.39 is 0 Å². The zero-order valence-electron chi connectivity index (χ0n) is 7.59. The summed E-state index contributed by atoms with van der Waals surface area (Å²) in [6, 6.07) is 5.35. The highest BCUT2D eigenvalue weighted by Crippen LogP contribution is 2.42. The topological polar surface area (TPSA) is 26.0 Å². The third-order valence-corrected chi connectivity index (χ3v) is 2.57. The van der Waals surface area contributed by atoms with Gasteiger partial charge in [0.2, 0.25) is 0 Å². The van der Waals surface area contributed by atoms with Crippen molar-refractivity contribution in [2.75, 3.05) is 6.54 Å². The lowest BCUT2D eigenvalue weighted by molar-refractivity contribution is 0.605. The van der Waals surface area contributed by atoms with Gasteiger partial charge in [0.1, 0.15) is 5.82 Å². The Morgan fingerprint density at radius 3 is 2.77 bits per heavy atom. The summed E-state index contributed by atoms with van der Waals surface area (Å²) in [5.41, 5.74) is 7.48. The Bertz CT molecular complexity index is 305. The van der Waals surface area contributed by atoms with Gasteiger partial charge in [-0.15, -0.1) is 0 Å². The van der Waals surface area contributed by atoms with Crippen molar-refractivity contribution in [3.63, 3.8) is 0 Å². The molecule has 0 unspecified atom stereocenters. The highest BCUT2D eigenvalue weighted by molar-refractivity contribution is 5.34. The molecular formula is C11H14FN. The van der Waals surface area contributed by atoms with Crippen LogP contribution in [0.2, 0.25) is 0 Å². The van der Waals surface area contributed by atoms with Crippen LogP contribution in [-0.4, -0.2) is 6.54 Å². The molecule has 1 aromatic carbocycles. The normalized spacial score (nSPS) is 16.2. The van der Waals surface area contributed by atoms with Gasteiger partial charge in [0.25, 0.3) is 0 Å². The molecule has 0 aliphatic heterocycles. The molecule has 2 N–H and O–H groups in total. The molecule has 1 saturated carbocycles. The van der Waals surface area contributed by atoms with Crippen LogP contribution in [0, 0.1) is 5.82 Å². The van der Waals surface area contributed by atoms with Crippen LogP contribution in [0.25, 0.3) is 0 Å². The molecule has 1 nitrogen and oxygen atoms in total. The Labute approximate surface area is 77.8 Å². The number of benzene rings is 1. The minimum atomic E-state index is -0.0881. The largest absolute Gasteiger partial charge is 0.330 e. The molecule has 1 aliphatic carbocycles. The van der Waals surface area contributed by atoms with Crippen molar-refractivity contribution in [1.82, 2.24) is 0 Å². The molecule has 0 bridgehead atoms. The van der Waals surface area contributed by atoms with Crippen LogP contribution >= 0.6 is 0 Å². The lowest BCUT2D eigenvalue weighted by Gasteiger charge is -2.08. The third-order valence-electron chi connectivity index (χ3n) is 2.57. The lowest BCUT2D eigenvalue weighted by Crippen LogP contribution is -2.07. The third kappa shape index (κ3) is 1.73. The highest BCUT2D eigenvalue weighted by Gasteiger charge is 2.26. The number of halogens is 1. The Hall–Kier alpha value is -0.890. The first-order valence-corrected chi connectivity index (χ1v) is 4.80. The second kappa shape index (κ2) is 3.46. The summed E-state index contributed by atoms with van der Waals surface area (Å²) < 4.78 is 13.4. The molecule has 0 aromatic heterocycles. The summed E-state index contributed by atoms with van der Waals surface area (Å²) >= 11 is 0. The smallest absolute Gasteiger partial charge is 0.126 e. The average molecular weight is 179 g/mol. The predicted molar refractivity (Wildman–Crippen MR) is 51.1 cm³/mol. The lowest BCUT2D eigenvalue weighted by atomic mass is 10.0. The molecule has 1 fully saturated rings. The summed E-state index contributed by atoms with van der Waals surface area (Å²) in [6.07, 6.45) is 3.08. The SMILES string of the molecule is NCCc1c(F)cccc1C1CC1. The summed E-state index contributed by atoms with van der Waals surface area (Å²) in [5.74, 6) is 0.520. The van der Waals surface area contributed by atoms with Crippen molar-refractivity contribution in [1.29, 1.82) is 0 Å². The monoisotopic (exact) mass is 179 g/mol. The summed E-state index contributed by atoms with van der Waals surface area (Å²) in [5, 5.41) is 0. The van der Waals surface area contributed by atoms with Crippen LogP contribution in [0.5, 0.6) is 0 Å². The van der Waals surface area contributed by atoms with Gasteiger partial charge in [0.15, 0.2) is 0 Å². The van der Waals surface area contributed by atoms with Gasteiger partial charge in [0.05, 0.1) is 0 Å². The van der Waals surface area contributed by atoms with Gasteiger partial charge in [-0.25, -0.2) is 4.39 Å². The maximum Gasteiger partial charge on any atom is 0.126 e. The van der Waals surface area contributed by atoms with E-state index in [9.17, 15) is 4.39 Å². The van der Waals surface area contributed by atoms with Crippen molar-refractivity contribution < 1.29 is 4.39 Å². The van der Waals surface area contributed by atoms with E-state index in [-0.39, 0.29) is 5.82 Å². The van der Waals surface area contributed by atoms with Gasteiger partial charge in [0, 0.05) is 0 Å². The fraction of sp³-hybridized carbons (Fsp3) is 0.455. The van der Waals surface area contributed by atoms with Crippen molar-refractivity contribution in [2.24, 2.45) is 5.73 Å². The number of hydrogen-bond acceptors (Lipinski definition) is 1. The van der Waals surface area contributed by atoms with Crippen LogP contribution in [-0.2, 0) is 6.42 Å². The molecule has 13 heavy (non-hydrogen) atoms. The Kier molecular flexibility index (Phi) is 2.32. The molecule has 1 aromatic rings. The second-order valence-corrected chi connectivity index (χ2v) is 3.62. The first-order chi connectivity index (χ1) is 6.33. The van der Waals surface area contributed by atoms with E-state index in [1.165, 1.54) is 24.5 Å². The zero-order chi connectivity index (χ0) is 9.26. The van der Waals surface area contributed by atoms with Gasteiger partial charge < -0.3 is 5.73 Å². The zero-order valence-corrected chi connectivity index (χ0v) is 7.59. The number of nitrogens with two attached hydrogens (primary N) is 1. The molecule has 0 radical (unpaired) electrons. The van der Waals surface area contributed by atoms with Crippen molar-refractivity contribution in [3.8, 4) is 0 Å². The second-order valence-electron chi connectivity index (χ2n) is 3.62. The molecule has 2 rings (SSSR count). The standard InChI is InChI=1S/C11H14FN/c12-11-3-1-2-9(8-4-5-8)10(11)6-7-13/h1-3,8H,4-7,13H2. The van der Waals surface area contributed by atoms with E-state index in [1.54, 1.807) is 6.07 Å². The van der Waals surface area contributed by atoms with Gasteiger partial charge in [-0.1, -0.05) is 12.1 Å². The molecule has 0 atom stereocenters. The van der Waals surface area contributed by atoms with E-state index >= 15 is 0 Å². The highest BCUT2D eigenvalue weighted by atomic mass is 19.1. The molecule has 0 amide bonds. The van der Waals surface area contributed by atoms with Crippen LogP contribution in [0.1, 0.15) is 29.9 Å². The fourth-order valence-corrected chi connectivity index (χ4v) is 1.76. The van der Waals surface area contributed by atoms with Gasteiger partial charge in [-0.05, 0) is 48.9 Å². The molecule has 70 valence electrons. The maximum atomic E-state index is 13.4. The van der Waals surface area contributed by atoms with Crippen molar-refractivity contribution in [3.05, 3.63) is 35.1 Å². The first kappa shape index (κ1) is 8.70. The van der Waals surface area contributed by atoms with Crippen LogP contribution < -0.4 is 5.73 Å². The Balaban J connectivity index is 2.35. The summed E-state index contributed by atoms with van der Waals surface area (Å²) in [4.78, 5) is 0. The number of hydrogen-bond donors (Lipinski definition) is 1. The Morgan fingerprint density at radius 2 is 2.15 bits per heavy atom. The molecular weight excluding hydrogens is 165 g/mol. The van der Waals surface area contributed by atoms with E-state index in [4.69, 9.17) is 5.73 Å². The predicted octanol–water partition coefficient (Wildman–Crippen LogP) is 2.20.